The third-order valence-corrected chi connectivity index (χ3v) is 7.25. The Morgan fingerprint density at radius 1 is 1.09 bits per heavy atom. The van der Waals surface area contributed by atoms with Crippen molar-refractivity contribution >= 4 is 39.9 Å². The van der Waals surface area contributed by atoms with Gasteiger partial charge in [-0.3, -0.25) is 9.48 Å². The normalized spacial score (nSPS) is 19.3. The molecule has 2 aliphatic carbocycles. The van der Waals surface area contributed by atoms with Gasteiger partial charge in [0, 0.05) is 41.1 Å². The Kier molecular flexibility index (Phi) is 4.67. The number of pyridine rings is 2. The van der Waals surface area contributed by atoms with Crippen LogP contribution >= 0.6 is 11.6 Å². The van der Waals surface area contributed by atoms with Gasteiger partial charge < -0.3 is 9.72 Å². The number of halogens is 1. The maximum Gasteiger partial charge on any atom is 0.229 e. The number of benzene rings is 1. The lowest BCUT2D eigenvalue weighted by molar-refractivity contribution is -0.117. The minimum Gasteiger partial charge on any atom is -0.309 e. The number of rotatable bonds is 6. The molecule has 0 unspecified atom stereocenters. The molecule has 5 aromatic rings. The Labute approximate surface area is 206 Å². The number of hydrogen-bond donors (Lipinski definition) is 1. The molecule has 1 N–H and O–H groups in total. The average Bonchev–Trinajstić information content (AvgIpc) is 3.76. The maximum absolute atomic E-state index is 12.9. The molecule has 0 radical (unpaired) electrons. The number of amides is 1. The molecule has 4 heterocycles. The van der Waals surface area contributed by atoms with Crippen LogP contribution in [0.15, 0.2) is 67.3 Å². The van der Waals surface area contributed by atoms with Crippen LogP contribution in [0.4, 0.5) is 5.82 Å². The summed E-state index contributed by atoms with van der Waals surface area (Å²) < 4.78 is 3.96. The molecular weight excluding hydrogens is 460 g/mol. The van der Waals surface area contributed by atoms with Crippen molar-refractivity contribution in [3.05, 3.63) is 89.1 Å². The van der Waals surface area contributed by atoms with E-state index in [2.05, 4.69) is 39.2 Å². The van der Waals surface area contributed by atoms with Crippen LogP contribution in [-0.4, -0.2) is 30.1 Å². The Morgan fingerprint density at radius 3 is 2.86 bits per heavy atom. The molecule has 1 aromatic carbocycles. The van der Waals surface area contributed by atoms with Gasteiger partial charge in [-0.15, -0.1) is 0 Å². The van der Waals surface area contributed by atoms with E-state index >= 15 is 0 Å². The van der Waals surface area contributed by atoms with Gasteiger partial charge >= 0.3 is 0 Å². The minimum absolute atomic E-state index is 0.0312. The standard InChI is InChI=1S/C27H23ClN6O/c28-20-3-1-2-17(10-20)22-11-23(22)27(35)31-26-25-19(8-9-29-26)13-34(32-25)15-21-14-33-12-18(16-4-5-16)6-7-24(33)30-21/h1-3,6-10,12-14,16,22-23H,4-5,11,15H2,(H,29,31,35)/t22-,23+/m1/s1. The van der Waals surface area contributed by atoms with Crippen LogP contribution in [0.2, 0.25) is 5.02 Å². The van der Waals surface area contributed by atoms with E-state index in [0.717, 1.165) is 28.7 Å². The van der Waals surface area contributed by atoms with Crippen molar-refractivity contribution in [1.29, 1.82) is 0 Å². The van der Waals surface area contributed by atoms with Gasteiger partial charge in [-0.2, -0.15) is 5.10 Å². The van der Waals surface area contributed by atoms with Crippen molar-refractivity contribution in [2.24, 2.45) is 5.92 Å². The predicted octanol–water partition coefficient (Wildman–Crippen LogP) is 5.40. The molecule has 2 aliphatic rings. The van der Waals surface area contributed by atoms with E-state index in [0.29, 0.717) is 28.8 Å². The van der Waals surface area contributed by atoms with E-state index in [-0.39, 0.29) is 17.7 Å². The van der Waals surface area contributed by atoms with Crippen LogP contribution in [-0.2, 0) is 11.3 Å². The summed E-state index contributed by atoms with van der Waals surface area (Å²) in [6.07, 6.45) is 11.3. The zero-order valence-corrected chi connectivity index (χ0v) is 19.7. The number of anilines is 1. The zero-order chi connectivity index (χ0) is 23.5. The van der Waals surface area contributed by atoms with Crippen molar-refractivity contribution < 1.29 is 4.79 Å². The lowest BCUT2D eigenvalue weighted by Gasteiger charge is -2.05. The first-order valence-electron chi connectivity index (χ1n) is 12.0. The fourth-order valence-electron chi connectivity index (χ4n) is 4.93. The molecule has 7 nitrogen and oxygen atoms in total. The molecule has 0 bridgehead atoms. The molecule has 7 rings (SSSR count). The van der Waals surface area contributed by atoms with Gasteiger partial charge in [0.05, 0.1) is 12.2 Å². The average molecular weight is 483 g/mol. The number of aromatic nitrogens is 5. The smallest absolute Gasteiger partial charge is 0.229 e. The van der Waals surface area contributed by atoms with Gasteiger partial charge in [0.2, 0.25) is 5.91 Å². The number of nitrogens with zero attached hydrogens (tertiary/aromatic N) is 5. The van der Waals surface area contributed by atoms with Crippen molar-refractivity contribution in [2.45, 2.75) is 37.6 Å². The van der Waals surface area contributed by atoms with E-state index in [1.807, 2.05) is 41.2 Å². The summed E-state index contributed by atoms with van der Waals surface area (Å²) in [7, 11) is 0. The fraction of sp³-hybridized carbons (Fsp3) is 0.259. The van der Waals surface area contributed by atoms with Gasteiger partial charge in [0.1, 0.15) is 11.2 Å². The van der Waals surface area contributed by atoms with Crippen molar-refractivity contribution in [2.75, 3.05) is 5.32 Å². The highest BCUT2D eigenvalue weighted by molar-refractivity contribution is 6.30. The van der Waals surface area contributed by atoms with Crippen LogP contribution in [0.25, 0.3) is 16.6 Å². The van der Waals surface area contributed by atoms with Gasteiger partial charge in [-0.1, -0.05) is 29.8 Å². The molecule has 174 valence electrons. The summed E-state index contributed by atoms with van der Waals surface area (Å²) in [4.78, 5) is 22.1. The zero-order valence-electron chi connectivity index (χ0n) is 18.9. The number of carbonyl (C=O) groups is 1. The summed E-state index contributed by atoms with van der Waals surface area (Å²) in [5.74, 6) is 1.29. The molecule has 2 fully saturated rings. The molecule has 0 saturated heterocycles. The predicted molar refractivity (Wildman–Crippen MR) is 135 cm³/mol. The van der Waals surface area contributed by atoms with Crippen LogP contribution in [0, 0.1) is 5.92 Å². The Balaban J connectivity index is 1.09. The highest BCUT2D eigenvalue weighted by atomic mass is 35.5. The number of fused-ring (bicyclic) bond motifs is 2. The highest BCUT2D eigenvalue weighted by Gasteiger charge is 2.44. The summed E-state index contributed by atoms with van der Waals surface area (Å²) in [5.41, 5.74) is 5.04. The van der Waals surface area contributed by atoms with Crippen LogP contribution < -0.4 is 5.32 Å². The number of carbonyl (C=O) groups excluding carboxylic acids is 1. The molecular formula is C27H23ClN6O. The van der Waals surface area contributed by atoms with Crippen molar-refractivity contribution in [1.82, 2.24) is 24.1 Å². The van der Waals surface area contributed by atoms with E-state index < -0.39 is 0 Å². The Hall–Kier alpha value is -3.71. The summed E-state index contributed by atoms with van der Waals surface area (Å²) >= 11 is 6.12. The molecule has 4 aromatic heterocycles. The largest absolute Gasteiger partial charge is 0.309 e. The highest BCUT2D eigenvalue weighted by Crippen LogP contribution is 2.48. The molecule has 0 spiro atoms. The molecule has 8 heteroatoms. The SMILES string of the molecule is O=C(Nc1nccc2cn(Cc3cn4cc(C5CC5)ccc4n3)nc12)[C@H]1C[C@@H]1c1cccc(Cl)c1. The molecule has 2 saturated carbocycles. The monoisotopic (exact) mass is 482 g/mol. The first-order valence-corrected chi connectivity index (χ1v) is 12.3. The van der Waals surface area contributed by atoms with Gasteiger partial charge in [-0.05, 0) is 66.5 Å². The third-order valence-electron chi connectivity index (χ3n) is 7.01. The number of nitrogens with one attached hydrogen (secondary N) is 1. The van der Waals surface area contributed by atoms with Gasteiger partial charge in [-0.25, -0.2) is 9.97 Å². The third kappa shape index (κ3) is 3.96. The molecule has 35 heavy (non-hydrogen) atoms. The fourth-order valence-corrected chi connectivity index (χ4v) is 5.13. The summed E-state index contributed by atoms with van der Waals surface area (Å²) in [6, 6.07) is 13.9. The summed E-state index contributed by atoms with van der Waals surface area (Å²) in [5, 5.41) is 9.35. The minimum atomic E-state index is -0.0777. The topological polar surface area (TPSA) is 77.1 Å². The Bertz CT molecular complexity index is 1600. The second kappa shape index (κ2) is 7.92. The van der Waals surface area contributed by atoms with E-state index in [9.17, 15) is 4.79 Å². The summed E-state index contributed by atoms with van der Waals surface area (Å²) in [6.45, 7) is 0.544. The quantitative estimate of drug-likeness (QED) is 0.351. The van der Waals surface area contributed by atoms with E-state index in [1.165, 1.54) is 18.4 Å². The van der Waals surface area contributed by atoms with Crippen LogP contribution in [0.3, 0.4) is 0 Å². The first kappa shape index (κ1) is 20.6. The molecule has 1 amide bonds. The van der Waals surface area contributed by atoms with E-state index in [4.69, 9.17) is 21.7 Å². The van der Waals surface area contributed by atoms with Crippen molar-refractivity contribution in [3.63, 3.8) is 0 Å². The number of hydrogen-bond acceptors (Lipinski definition) is 4. The first-order chi connectivity index (χ1) is 17.1. The molecule has 0 aliphatic heterocycles. The molecule has 2 atom stereocenters. The second-order valence-electron chi connectivity index (χ2n) is 9.65. The van der Waals surface area contributed by atoms with Crippen molar-refractivity contribution in [3.8, 4) is 0 Å². The van der Waals surface area contributed by atoms with E-state index in [1.54, 1.807) is 6.20 Å². The van der Waals surface area contributed by atoms with Crippen LogP contribution in [0.1, 0.15) is 47.9 Å². The second-order valence-corrected chi connectivity index (χ2v) is 10.1. The lowest BCUT2D eigenvalue weighted by atomic mass is 10.1. The van der Waals surface area contributed by atoms with Gasteiger partial charge in [0.25, 0.3) is 0 Å². The van der Waals surface area contributed by atoms with Crippen LogP contribution in [0.5, 0.6) is 0 Å². The maximum atomic E-state index is 12.9. The number of imidazole rings is 1. The Morgan fingerprint density at radius 2 is 2.00 bits per heavy atom. The lowest BCUT2D eigenvalue weighted by Crippen LogP contribution is -2.16. The van der Waals surface area contributed by atoms with Gasteiger partial charge in [0.15, 0.2) is 5.82 Å².